The van der Waals surface area contributed by atoms with E-state index in [-0.39, 0.29) is 6.04 Å². The van der Waals surface area contributed by atoms with Crippen molar-refractivity contribution in [2.24, 2.45) is 0 Å². The van der Waals surface area contributed by atoms with Crippen LogP contribution in [0.25, 0.3) is 104 Å². The van der Waals surface area contributed by atoms with Crippen LogP contribution < -0.4 is 4.90 Å². The normalized spacial score (nSPS) is 15.0. The molecular weight excluding hydrogens is 749 g/mol. The van der Waals surface area contributed by atoms with Gasteiger partial charge in [0.25, 0.3) is 0 Å². The molecule has 11 aromatic rings. The summed E-state index contributed by atoms with van der Waals surface area (Å²) in [5, 5.41) is 10.2. The highest BCUT2D eigenvalue weighted by Crippen LogP contribution is 2.51. The van der Waals surface area contributed by atoms with Crippen LogP contribution in [0.1, 0.15) is 17.5 Å². The minimum Gasteiger partial charge on any atom is -0.333 e. The van der Waals surface area contributed by atoms with Crippen molar-refractivity contribution >= 4 is 76.6 Å². The van der Waals surface area contributed by atoms with Crippen molar-refractivity contribution in [3.8, 4) is 39.1 Å². The first kappa shape index (κ1) is 33.8. The van der Waals surface area contributed by atoms with E-state index in [0.717, 1.165) is 6.42 Å². The molecule has 0 radical (unpaired) electrons. The second kappa shape index (κ2) is 12.8. The van der Waals surface area contributed by atoms with Gasteiger partial charge in [0, 0.05) is 33.4 Å². The Labute approximate surface area is 359 Å². The lowest BCUT2D eigenvalue weighted by Gasteiger charge is -2.30. The average Bonchev–Trinajstić information content (AvgIpc) is 3.97. The topological polar surface area (TPSA) is 8.17 Å². The third kappa shape index (κ3) is 4.86. The van der Waals surface area contributed by atoms with Gasteiger partial charge in [-0.2, -0.15) is 0 Å². The Bertz CT molecular complexity index is 3800. The van der Waals surface area contributed by atoms with E-state index in [1.54, 1.807) is 0 Å². The zero-order chi connectivity index (χ0) is 40.5. The van der Waals surface area contributed by atoms with Crippen LogP contribution in [-0.2, 0) is 0 Å². The van der Waals surface area contributed by atoms with Crippen molar-refractivity contribution in [1.82, 2.24) is 4.57 Å². The molecule has 1 aromatic heterocycles. The van der Waals surface area contributed by atoms with Crippen LogP contribution in [0, 0.1) is 0 Å². The van der Waals surface area contributed by atoms with Gasteiger partial charge in [-0.25, -0.2) is 0 Å². The molecule has 0 saturated carbocycles. The lowest BCUT2D eigenvalue weighted by atomic mass is 9.89. The first-order valence-electron chi connectivity index (χ1n) is 21.8. The van der Waals surface area contributed by atoms with Gasteiger partial charge in [0.1, 0.15) is 0 Å². The number of fused-ring (bicyclic) bond motifs is 11. The van der Waals surface area contributed by atoms with Crippen molar-refractivity contribution in [1.29, 1.82) is 0 Å². The van der Waals surface area contributed by atoms with E-state index in [0.29, 0.717) is 0 Å². The van der Waals surface area contributed by atoms with Gasteiger partial charge in [0.15, 0.2) is 0 Å². The fraction of sp³-hybridized carbons (Fsp3) is 0.0333. The summed E-state index contributed by atoms with van der Waals surface area (Å²) in [5.74, 6) is 0. The number of hydrogen-bond donors (Lipinski definition) is 0. The molecule has 2 heteroatoms. The summed E-state index contributed by atoms with van der Waals surface area (Å²) in [7, 11) is 0. The van der Waals surface area contributed by atoms with Gasteiger partial charge >= 0.3 is 0 Å². The van der Waals surface area contributed by atoms with E-state index >= 15 is 0 Å². The third-order valence-electron chi connectivity index (χ3n) is 13.9. The highest BCUT2D eigenvalue weighted by atomic mass is 15.2. The van der Waals surface area contributed by atoms with Crippen molar-refractivity contribution < 1.29 is 0 Å². The highest BCUT2D eigenvalue weighted by molar-refractivity contribution is 6.17. The number of aromatic nitrogens is 1. The monoisotopic (exact) mass is 786 g/mol. The SMILES string of the molecule is C1=C(c2ccc3c(c2)c2ccccc2n3-c2ccc3cc(-c4cc5c6c(cccc6c4)-c4ccccc4-5)ccc3c2)C=C2c3ccccc3N(c3ccc4ccccc4c3)C2C1. The van der Waals surface area contributed by atoms with Crippen LogP contribution in [0.2, 0.25) is 0 Å². The Morgan fingerprint density at radius 3 is 1.97 bits per heavy atom. The Balaban J connectivity index is 0.829. The second-order valence-corrected chi connectivity index (χ2v) is 17.2. The van der Waals surface area contributed by atoms with E-state index in [1.807, 2.05) is 0 Å². The zero-order valence-corrected chi connectivity index (χ0v) is 33.9. The van der Waals surface area contributed by atoms with Crippen molar-refractivity contribution in [3.63, 3.8) is 0 Å². The summed E-state index contributed by atoms with van der Waals surface area (Å²) in [6, 6.07) is 74.9. The van der Waals surface area contributed by atoms with Crippen LogP contribution >= 0.6 is 0 Å². The maximum atomic E-state index is 2.55. The fourth-order valence-electron chi connectivity index (χ4n) is 11.1. The molecule has 1 aliphatic heterocycles. The van der Waals surface area contributed by atoms with Crippen molar-refractivity contribution in [2.45, 2.75) is 12.5 Å². The van der Waals surface area contributed by atoms with Gasteiger partial charge in [0.2, 0.25) is 0 Å². The number of nitrogens with zero attached hydrogens (tertiary/aromatic N) is 2. The fourth-order valence-corrected chi connectivity index (χ4v) is 11.1. The maximum absolute atomic E-state index is 2.55. The van der Waals surface area contributed by atoms with Crippen LogP contribution in [0.4, 0.5) is 11.4 Å². The van der Waals surface area contributed by atoms with Gasteiger partial charge in [-0.05, 0) is 162 Å². The Morgan fingerprint density at radius 2 is 1.03 bits per heavy atom. The second-order valence-electron chi connectivity index (χ2n) is 17.2. The van der Waals surface area contributed by atoms with Gasteiger partial charge in [-0.3, -0.25) is 0 Å². The van der Waals surface area contributed by atoms with E-state index in [2.05, 4.69) is 222 Å². The van der Waals surface area contributed by atoms with E-state index in [1.165, 1.54) is 127 Å². The van der Waals surface area contributed by atoms with E-state index in [9.17, 15) is 0 Å². The van der Waals surface area contributed by atoms with E-state index < -0.39 is 0 Å². The number of benzene rings is 10. The minimum absolute atomic E-state index is 0.257. The van der Waals surface area contributed by atoms with Crippen LogP contribution in [0.5, 0.6) is 0 Å². The summed E-state index contributed by atoms with van der Waals surface area (Å²) in [4.78, 5) is 2.55. The number of hydrogen-bond acceptors (Lipinski definition) is 1. The molecule has 0 spiro atoms. The Kier molecular flexibility index (Phi) is 6.98. The number of para-hydroxylation sites is 2. The van der Waals surface area contributed by atoms with Gasteiger partial charge in [-0.1, -0.05) is 140 Å². The summed E-state index contributed by atoms with van der Waals surface area (Å²) >= 11 is 0. The summed E-state index contributed by atoms with van der Waals surface area (Å²) < 4.78 is 2.44. The molecule has 1 atom stereocenters. The minimum atomic E-state index is 0.257. The lowest BCUT2D eigenvalue weighted by Crippen LogP contribution is -2.27. The summed E-state index contributed by atoms with van der Waals surface area (Å²) in [6.07, 6.45) is 5.85. The molecule has 0 amide bonds. The quantitative estimate of drug-likeness (QED) is 0.172. The molecule has 14 rings (SSSR count). The summed E-state index contributed by atoms with van der Waals surface area (Å²) in [5.41, 5.74) is 19.2. The lowest BCUT2D eigenvalue weighted by molar-refractivity contribution is 0.832. The van der Waals surface area contributed by atoms with E-state index in [4.69, 9.17) is 0 Å². The van der Waals surface area contributed by atoms with Crippen molar-refractivity contribution in [3.05, 3.63) is 223 Å². The van der Waals surface area contributed by atoms with Gasteiger partial charge in [-0.15, -0.1) is 0 Å². The largest absolute Gasteiger partial charge is 0.333 e. The third-order valence-corrected chi connectivity index (χ3v) is 13.9. The van der Waals surface area contributed by atoms with Crippen LogP contribution in [0.3, 0.4) is 0 Å². The van der Waals surface area contributed by atoms with Crippen LogP contribution in [0.15, 0.2) is 212 Å². The van der Waals surface area contributed by atoms with Crippen LogP contribution in [-0.4, -0.2) is 10.6 Å². The molecule has 10 aromatic carbocycles. The molecule has 0 saturated heterocycles. The highest BCUT2D eigenvalue weighted by Gasteiger charge is 2.36. The number of rotatable bonds is 4. The van der Waals surface area contributed by atoms with Gasteiger partial charge < -0.3 is 9.47 Å². The molecule has 2 heterocycles. The molecule has 0 bridgehead atoms. The smallest absolute Gasteiger partial charge is 0.0633 e. The molecule has 0 N–H and O–H groups in total. The molecule has 288 valence electrons. The number of allylic oxidation sites excluding steroid dienone is 2. The Hall–Kier alpha value is -7.94. The zero-order valence-electron chi connectivity index (χ0n) is 33.9. The number of anilines is 2. The molecule has 0 fully saturated rings. The molecule has 2 aliphatic carbocycles. The standard InChI is InChI=1S/C60H38N2/c1-2-11-38-32-46(26-22-37(38)10-1)61-56-18-7-5-15-50(56)53-34-42(24-28-58(53)61)43-25-29-59-54(35-43)51-16-6-8-19-57(51)62(59)47-27-23-39-30-40(20-21-41(39)33-47)45-31-44-12-9-17-52-48-13-3-4-14-49(48)55(36-45)60(44)52/h1-27,29-36,58H,28H2. The molecule has 62 heavy (non-hydrogen) atoms. The first-order valence-corrected chi connectivity index (χ1v) is 21.8. The Morgan fingerprint density at radius 1 is 0.387 bits per heavy atom. The molecule has 2 nitrogen and oxygen atoms in total. The van der Waals surface area contributed by atoms with Gasteiger partial charge in [0.05, 0.1) is 17.1 Å². The van der Waals surface area contributed by atoms with Crippen molar-refractivity contribution in [2.75, 3.05) is 4.90 Å². The maximum Gasteiger partial charge on any atom is 0.0633 e. The summed E-state index contributed by atoms with van der Waals surface area (Å²) in [6.45, 7) is 0. The average molecular weight is 787 g/mol. The predicted octanol–water partition coefficient (Wildman–Crippen LogP) is 15.9. The molecular formula is C60H38N2. The molecule has 3 aliphatic rings. The first-order chi connectivity index (χ1) is 30.7. The molecule has 1 unspecified atom stereocenters. The predicted molar refractivity (Wildman–Crippen MR) is 263 cm³/mol.